The van der Waals surface area contributed by atoms with E-state index in [0.29, 0.717) is 5.92 Å². The van der Waals surface area contributed by atoms with Crippen LogP contribution in [0.5, 0.6) is 0 Å². The van der Waals surface area contributed by atoms with E-state index in [4.69, 9.17) is 4.98 Å². The molecule has 21 heavy (non-hydrogen) atoms. The molecule has 2 rings (SSSR count). The highest BCUT2D eigenvalue weighted by molar-refractivity contribution is 7.09. The standard InChI is InChI=1S/C18H31NOS/c1-12(2)13-6-8-14(9-7-13)15(20)10-17-19-16(11-21-17)18(3,4)5/h11-15,20H,6-10H2,1-5H3. The molecule has 2 nitrogen and oxygen atoms in total. The topological polar surface area (TPSA) is 33.1 Å². The zero-order valence-electron chi connectivity index (χ0n) is 14.2. The number of aliphatic hydroxyl groups is 1. The minimum atomic E-state index is -0.211. The molecular formula is C18H31NOS. The second kappa shape index (κ2) is 6.78. The largest absolute Gasteiger partial charge is 0.392 e. The van der Waals surface area contributed by atoms with Crippen molar-refractivity contribution < 1.29 is 5.11 Å². The zero-order valence-corrected chi connectivity index (χ0v) is 15.0. The average molecular weight is 310 g/mol. The molecule has 1 unspecified atom stereocenters. The molecular weight excluding hydrogens is 278 g/mol. The first-order chi connectivity index (χ1) is 9.77. The maximum atomic E-state index is 10.5. The van der Waals surface area contributed by atoms with Crippen molar-refractivity contribution in [2.45, 2.75) is 78.2 Å². The van der Waals surface area contributed by atoms with E-state index in [9.17, 15) is 5.11 Å². The lowest BCUT2D eigenvalue weighted by atomic mass is 9.75. The first-order valence-electron chi connectivity index (χ1n) is 8.40. The molecule has 1 aliphatic carbocycles. The molecule has 1 aromatic rings. The number of nitrogens with zero attached hydrogens (tertiary/aromatic N) is 1. The fourth-order valence-corrected chi connectivity index (χ4v) is 4.36. The first kappa shape index (κ1) is 17.0. The molecule has 0 aliphatic heterocycles. The lowest BCUT2D eigenvalue weighted by Crippen LogP contribution is -2.28. The van der Waals surface area contributed by atoms with Crippen LogP contribution in [0, 0.1) is 17.8 Å². The Bertz CT molecular complexity index is 438. The van der Waals surface area contributed by atoms with Gasteiger partial charge in [-0.05, 0) is 43.4 Å². The second-order valence-corrected chi connectivity index (χ2v) is 9.01. The number of hydrogen-bond acceptors (Lipinski definition) is 3. The molecule has 1 atom stereocenters. The Hall–Kier alpha value is -0.410. The summed E-state index contributed by atoms with van der Waals surface area (Å²) in [5.74, 6) is 2.12. The van der Waals surface area contributed by atoms with Crippen LogP contribution in [-0.4, -0.2) is 16.2 Å². The molecule has 120 valence electrons. The van der Waals surface area contributed by atoms with E-state index in [1.165, 1.54) is 25.7 Å². The predicted molar refractivity (Wildman–Crippen MR) is 90.8 cm³/mol. The van der Waals surface area contributed by atoms with Gasteiger partial charge in [0.2, 0.25) is 0 Å². The summed E-state index contributed by atoms with van der Waals surface area (Å²) in [4.78, 5) is 4.72. The summed E-state index contributed by atoms with van der Waals surface area (Å²) in [5, 5.41) is 13.8. The van der Waals surface area contributed by atoms with Crippen LogP contribution in [0.15, 0.2) is 5.38 Å². The van der Waals surface area contributed by atoms with Crippen LogP contribution in [0.3, 0.4) is 0 Å². The van der Waals surface area contributed by atoms with Crippen molar-refractivity contribution in [1.29, 1.82) is 0 Å². The van der Waals surface area contributed by atoms with Gasteiger partial charge in [-0.2, -0.15) is 0 Å². The van der Waals surface area contributed by atoms with E-state index in [1.807, 2.05) is 0 Å². The van der Waals surface area contributed by atoms with Crippen molar-refractivity contribution >= 4 is 11.3 Å². The number of thiazole rings is 1. The Morgan fingerprint density at radius 3 is 2.24 bits per heavy atom. The first-order valence-corrected chi connectivity index (χ1v) is 9.28. The van der Waals surface area contributed by atoms with Gasteiger partial charge in [0.1, 0.15) is 0 Å². The summed E-state index contributed by atoms with van der Waals surface area (Å²) >= 11 is 1.70. The Kier molecular flexibility index (Phi) is 5.48. The summed E-state index contributed by atoms with van der Waals surface area (Å²) in [6.45, 7) is 11.2. The smallest absolute Gasteiger partial charge is 0.0954 e. The van der Waals surface area contributed by atoms with Crippen LogP contribution in [0.25, 0.3) is 0 Å². The Morgan fingerprint density at radius 1 is 1.19 bits per heavy atom. The summed E-state index contributed by atoms with van der Waals surface area (Å²) in [6, 6.07) is 0. The van der Waals surface area contributed by atoms with Gasteiger partial charge >= 0.3 is 0 Å². The van der Waals surface area contributed by atoms with E-state index in [1.54, 1.807) is 11.3 Å². The number of rotatable bonds is 4. The van der Waals surface area contributed by atoms with Crippen molar-refractivity contribution in [2.75, 3.05) is 0 Å². The molecule has 1 saturated carbocycles. The van der Waals surface area contributed by atoms with Crippen LogP contribution in [0.2, 0.25) is 0 Å². The molecule has 3 heteroatoms. The molecule has 0 saturated heterocycles. The molecule has 1 N–H and O–H groups in total. The molecule has 1 aromatic heterocycles. The minimum absolute atomic E-state index is 0.106. The lowest BCUT2D eigenvalue weighted by Gasteiger charge is -2.33. The maximum absolute atomic E-state index is 10.5. The van der Waals surface area contributed by atoms with Crippen molar-refractivity contribution in [3.8, 4) is 0 Å². The molecule has 0 aromatic carbocycles. The van der Waals surface area contributed by atoms with Gasteiger partial charge in [0.05, 0.1) is 16.8 Å². The van der Waals surface area contributed by atoms with Crippen LogP contribution >= 0.6 is 11.3 Å². The SMILES string of the molecule is CC(C)C1CCC(C(O)Cc2nc(C(C)(C)C)cs2)CC1. The Morgan fingerprint density at radius 2 is 1.76 bits per heavy atom. The van der Waals surface area contributed by atoms with Gasteiger partial charge in [-0.25, -0.2) is 4.98 Å². The average Bonchev–Trinajstić information content (AvgIpc) is 2.87. The van der Waals surface area contributed by atoms with Gasteiger partial charge in [-0.1, -0.05) is 34.6 Å². The molecule has 0 amide bonds. The van der Waals surface area contributed by atoms with Crippen LogP contribution in [0.1, 0.15) is 71.0 Å². The normalized spacial score (nSPS) is 25.3. The third-order valence-electron chi connectivity index (χ3n) is 5.01. The van der Waals surface area contributed by atoms with E-state index in [0.717, 1.165) is 29.0 Å². The molecule has 0 spiro atoms. The zero-order chi connectivity index (χ0) is 15.6. The summed E-state index contributed by atoms with van der Waals surface area (Å²) in [7, 11) is 0. The molecule has 1 fully saturated rings. The number of aromatic nitrogens is 1. The van der Waals surface area contributed by atoms with Crippen molar-refractivity contribution in [3.63, 3.8) is 0 Å². The Labute approximate surface area is 134 Å². The highest BCUT2D eigenvalue weighted by Crippen LogP contribution is 2.35. The summed E-state index contributed by atoms with van der Waals surface area (Å²) in [5.41, 5.74) is 1.26. The van der Waals surface area contributed by atoms with Crippen LogP contribution in [-0.2, 0) is 11.8 Å². The van der Waals surface area contributed by atoms with Gasteiger partial charge in [0.25, 0.3) is 0 Å². The molecule has 0 radical (unpaired) electrons. The van der Waals surface area contributed by atoms with Gasteiger partial charge in [0, 0.05) is 17.2 Å². The van der Waals surface area contributed by atoms with E-state index in [2.05, 4.69) is 40.0 Å². The third kappa shape index (κ3) is 4.53. The fourth-order valence-electron chi connectivity index (χ4n) is 3.29. The maximum Gasteiger partial charge on any atom is 0.0954 e. The van der Waals surface area contributed by atoms with E-state index < -0.39 is 0 Å². The van der Waals surface area contributed by atoms with Gasteiger partial charge < -0.3 is 5.11 Å². The van der Waals surface area contributed by atoms with Crippen molar-refractivity contribution in [1.82, 2.24) is 4.98 Å². The molecule has 0 bridgehead atoms. The second-order valence-electron chi connectivity index (χ2n) is 8.07. The number of hydrogen-bond donors (Lipinski definition) is 1. The lowest BCUT2D eigenvalue weighted by molar-refractivity contribution is 0.0674. The van der Waals surface area contributed by atoms with E-state index in [-0.39, 0.29) is 11.5 Å². The summed E-state index contributed by atoms with van der Waals surface area (Å²) < 4.78 is 0. The molecule has 1 aliphatic rings. The highest BCUT2D eigenvalue weighted by atomic mass is 32.1. The van der Waals surface area contributed by atoms with Gasteiger partial charge in [0.15, 0.2) is 0 Å². The number of aliphatic hydroxyl groups excluding tert-OH is 1. The van der Waals surface area contributed by atoms with Crippen LogP contribution in [0.4, 0.5) is 0 Å². The van der Waals surface area contributed by atoms with E-state index >= 15 is 0 Å². The Balaban J connectivity index is 1.87. The fraction of sp³-hybridized carbons (Fsp3) is 0.833. The van der Waals surface area contributed by atoms with Crippen LogP contribution < -0.4 is 0 Å². The third-order valence-corrected chi connectivity index (χ3v) is 5.88. The monoisotopic (exact) mass is 309 g/mol. The summed E-state index contributed by atoms with van der Waals surface area (Å²) in [6.07, 6.45) is 5.45. The van der Waals surface area contributed by atoms with Gasteiger partial charge in [-0.3, -0.25) is 0 Å². The van der Waals surface area contributed by atoms with Gasteiger partial charge in [-0.15, -0.1) is 11.3 Å². The quantitative estimate of drug-likeness (QED) is 0.866. The molecule has 1 heterocycles. The highest BCUT2D eigenvalue weighted by Gasteiger charge is 2.28. The minimum Gasteiger partial charge on any atom is -0.392 e. The predicted octanol–water partition coefficient (Wildman–Crippen LogP) is 4.81. The van der Waals surface area contributed by atoms with Crippen molar-refractivity contribution in [3.05, 3.63) is 16.1 Å². The van der Waals surface area contributed by atoms with Crippen molar-refractivity contribution in [2.24, 2.45) is 17.8 Å².